The first kappa shape index (κ1) is 9.72. The number of anilines is 1. The highest BCUT2D eigenvalue weighted by Crippen LogP contribution is 2.31. The third-order valence-electron chi connectivity index (χ3n) is 2.07. The van der Waals surface area contributed by atoms with Crippen LogP contribution in [0.1, 0.15) is 0 Å². The molecule has 1 aliphatic rings. The molecule has 15 heavy (non-hydrogen) atoms. The molecule has 6 heteroatoms. The molecule has 1 saturated heterocycles. The van der Waals surface area contributed by atoms with Gasteiger partial charge in [0.15, 0.2) is 5.69 Å². The molecule has 1 fully saturated rings. The smallest absolute Gasteiger partial charge is 0.295 e. The monoisotopic (exact) mass is 210 g/mol. The Hall–Kier alpha value is -1.82. The van der Waals surface area contributed by atoms with Gasteiger partial charge in [0, 0.05) is 6.07 Å². The fourth-order valence-electron chi connectivity index (χ4n) is 1.16. The average molecular weight is 210 g/mol. The Morgan fingerprint density at radius 1 is 1.67 bits per heavy atom. The SMILES string of the molecule is Nc1c(OC[C@H]2CO2)cccc1[N+](=O)[O-]. The summed E-state index contributed by atoms with van der Waals surface area (Å²) in [5.41, 5.74) is 5.51. The molecular weight excluding hydrogens is 200 g/mol. The van der Waals surface area contributed by atoms with Crippen LogP contribution in [0.5, 0.6) is 5.75 Å². The van der Waals surface area contributed by atoms with Crippen molar-refractivity contribution in [2.45, 2.75) is 6.10 Å². The lowest BCUT2D eigenvalue weighted by Gasteiger charge is -2.06. The van der Waals surface area contributed by atoms with Crippen LogP contribution in [-0.2, 0) is 4.74 Å². The molecule has 0 aliphatic carbocycles. The first-order chi connectivity index (χ1) is 7.18. The van der Waals surface area contributed by atoms with Gasteiger partial charge in [0.05, 0.1) is 11.5 Å². The first-order valence-corrected chi connectivity index (χ1v) is 4.46. The van der Waals surface area contributed by atoms with Crippen LogP contribution in [0, 0.1) is 10.1 Å². The van der Waals surface area contributed by atoms with Crippen LogP contribution in [-0.4, -0.2) is 24.2 Å². The topological polar surface area (TPSA) is 90.9 Å². The summed E-state index contributed by atoms with van der Waals surface area (Å²) in [7, 11) is 0. The zero-order valence-electron chi connectivity index (χ0n) is 7.88. The summed E-state index contributed by atoms with van der Waals surface area (Å²) in [5.74, 6) is 0.333. The molecule has 1 aromatic rings. The number of para-hydroxylation sites is 1. The quantitative estimate of drug-likeness (QED) is 0.346. The third kappa shape index (κ3) is 2.16. The molecule has 80 valence electrons. The summed E-state index contributed by atoms with van der Waals surface area (Å²) in [6.07, 6.45) is 0.101. The third-order valence-corrected chi connectivity index (χ3v) is 2.07. The summed E-state index contributed by atoms with van der Waals surface area (Å²) < 4.78 is 10.2. The van der Waals surface area contributed by atoms with E-state index in [2.05, 4.69) is 0 Å². The second-order valence-electron chi connectivity index (χ2n) is 3.21. The van der Waals surface area contributed by atoms with Crippen molar-refractivity contribution in [1.82, 2.24) is 0 Å². The minimum Gasteiger partial charge on any atom is -0.488 e. The van der Waals surface area contributed by atoms with Crippen molar-refractivity contribution in [2.75, 3.05) is 18.9 Å². The molecule has 0 spiro atoms. The maximum atomic E-state index is 10.6. The van der Waals surface area contributed by atoms with Gasteiger partial charge in [0.25, 0.3) is 5.69 Å². The molecule has 2 N–H and O–H groups in total. The molecule has 1 atom stereocenters. The lowest BCUT2D eigenvalue weighted by atomic mass is 10.2. The van der Waals surface area contributed by atoms with E-state index in [1.54, 1.807) is 6.07 Å². The molecule has 1 aliphatic heterocycles. The summed E-state index contributed by atoms with van der Waals surface area (Å²) >= 11 is 0. The standard InChI is InChI=1S/C9H10N2O4/c10-9-7(11(12)13)2-1-3-8(9)15-5-6-4-14-6/h1-3,6H,4-5,10H2/t6-/m1/s1. The number of rotatable bonds is 4. The molecule has 0 bridgehead atoms. The number of epoxide rings is 1. The van der Waals surface area contributed by atoms with Gasteiger partial charge in [-0.3, -0.25) is 10.1 Å². The molecule has 2 rings (SSSR count). The lowest BCUT2D eigenvalue weighted by molar-refractivity contribution is -0.384. The predicted molar refractivity (Wildman–Crippen MR) is 52.7 cm³/mol. The summed E-state index contributed by atoms with van der Waals surface area (Å²) in [4.78, 5) is 10.0. The van der Waals surface area contributed by atoms with Crippen LogP contribution in [0.3, 0.4) is 0 Å². The van der Waals surface area contributed by atoms with Crippen LogP contribution >= 0.6 is 0 Å². The lowest BCUT2D eigenvalue weighted by Crippen LogP contribution is -2.06. The van der Waals surface area contributed by atoms with E-state index >= 15 is 0 Å². The Bertz CT molecular complexity index is 390. The van der Waals surface area contributed by atoms with E-state index in [-0.39, 0.29) is 17.5 Å². The molecule has 0 saturated carbocycles. The molecule has 0 radical (unpaired) electrons. The van der Waals surface area contributed by atoms with Crippen molar-refractivity contribution in [1.29, 1.82) is 0 Å². The molecule has 0 amide bonds. The van der Waals surface area contributed by atoms with Crippen LogP contribution in [0.2, 0.25) is 0 Å². The molecular formula is C9H10N2O4. The Balaban J connectivity index is 2.14. The number of ether oxygens (including phenoxy) is 2. The Morgan fingerprint density at radius 3 is 3.00 bits per heavy atom. The molecule has 6 nitrogen and oxygen atoms in total. The minimum absolute atomic E-state index is 0.0585. The number of nitrogens with zero attached hydrogens (tertiary/aromatic N) is 1. The van der Waals surface area contributed by atoms with Crippen molar-refractivity contribution >= 4 is 11.4 Å². The van der Waals surface area contributed by atoms with Gasteiger partial charge >= 0.3 is 0 Å². The van der Waals surface area contributed by atoms with Gasteiger partial charge in [0.1, 0.15) is 18.5 Å². The average Bonchev–Trinajstić information content (AvgIpc) is 2.99. The van der Waals surface area contributed by atoms with E-state index in [0.29, 0.717) is 19.0 Å². The van der Waals surface area contributed by atoms with Gasteiger partial charge in [-0.25, -0.2) is 0 Å². The first-order valence-electron chi connectivity index (χ1n) is 4.46. The van der Waals surface area contributed by atoms with E-state index in [1.165, 1.54) is 12.1 Å². The highest BCUT2D eigenvalue weighted by atomic mass is 16.6. The highest BCUT2D eigenvalue weighted by Gasteiger charge is 2.24. The number of nitro groups is 1. The van der Waals surface area contributed by atoms with Crippen LogP contribution in [0.25, 0.3) is 0 Å². The predicted octanol–water partition coefficient (Wildman–Crippen LogP) is 0.955. The second-order valence-corrected chi connectivity index (χ2v) is 3.21. The number of hydrogen-bond donors (Lipinski definition) is 1. The van der Waals surface area contributed by atoms with Gasteiger partial charge in [-0.1, -0.05) is 6.07 Å². The van der Waals surface area contributed by atoms with Crippen LogP contribution < -0.4 is 10.5 Å². The second kappa shape index (κ2) is 3.74. The van der Waals surface area contributed by atoms with Gasteiger partial charge in [-0.2, -0.15) is 0 Å². The van der Waals surface area contributed by atoms with Crippen molar-refractivity contribution in [3.63, 3.8) is 0 Å². The maximum absolute atomic E-state index is 10.6. The van der Waals surface area contributed by atoms with Crippen molar-refractivity contribution < 1.29 is 14.4 Å². The number of nitrogens with two attached hydrogens (primary N) is 1. The Morgan fingerprint density at radius 2 is 2.40 bits per heavy atom. The molecule has 0 unspecified atom stereocenters. The van der Waals surface area contributed by atoms with E-state index in [1.807, 2.05) is 0 Å². The largest absolute Gasteiger partial charge is 0.488 e. The van der Waals surface area contributed by atoms with E-state index in [0.717, 1.165) is 0 Å². The zero-order chi connectivity index (χ0) is 10.8. The summed E-state index contributed by atoms with van der Waals surface area (Å²) in [6, 6.07) is 4.48. The number of nitro benzene ring substituents is 1. The van der Waals surface area contributed by atoms with E-state index in [9.17, 15) is 10.1 Å². The maximum Gasteiger partial charge on any atom is 0.295 e. The van der Waals surface area contributed by atoms with Crippen molar-refractivity contribution in [3.8, 4) is 5.75 Å². The number of benzene rings is 1. The van der Waals surface area contributed by atoms with E-state index in [4.69, 9.17) is 15.2 Å². The fourth-order valence-corrected chi connectivity index (χ4v) is 1.16. The molecule has 1 aromatic carbocycles. The zero-order valence-corrected chi connectivity index (χ0v) is 7.88. The normalized spacial score (nSPS) is 18.5. The summed E-state index contributed by atoms with van der Waals surface area (Å²) in [5, 5.41) is 10.6. The van der Waals surface area contributed by atoms with Gasteiger partial charge < -0.3 is 15.2 Å². The molecule has 0 aromatic heterocycles. The van der Waals surface area contributed by atoms with Crippen molar-refractivity contribution in [2.24, 2.45) is 0 Å². The number of hydrogen-bond acceptors (Lipinski definition) is 5. The number of nitrogen functional groups attached to an aromatic ring is 1. The van der Waals surface area contributed by atoms with Gasteiger partial charge in [-0.05, 0) is 6.07 Å². The fraction of sp³-hybridized carbons (Fsp3) is 0.333. The van der Waals surface area contributed by atoms with E-state index < -0.39 is 4.92 Å². The highest BCUT2D eigenvalue weighted by molar-refractivity contribution is 5.66. The van der Waals surface area contributed by atoms with Crippen LogP contribution in [0.15, 0.2) is 18.2 Å². The summed E-state index contributed by atoms with van der Waals surface area (Å²) in [6.45, 7) is 1.06. The Kier molecular flexibility index (Phi) is 2.42. The molecule has 1 heterocycles. The van der Waals surface area contributed by atoms with Gasteiger partial charge in [0.2, 0.25) is 0 Å². The Labute approximate surface area is 85.7 Å². The minimum atomic E-state index is -0.532. The van der Waals surface area contributed by atoms with Crippen LogP contribution in [0.4, 0.5) is 11.4 Å². The van der Waals surface area contributed by atoms with Gasteiger partial charge in [-0.15, -0.1) is 0 Å². The van der Waals surface area contributed by atoms with Crippen molar-refractivity contribution in [3.05, 3.63) is 28.3 Å².